The van der Waals surface area contributed by atoms with Crippen molar-refractivity contribution in [3.05, 3.63) is 118 Å². The topological polar surface area (TPSA) is 276 Å². The van der Waals surface area contributed by atoms with E-state index in [1.54, 1.807) is 60.8 Å². The molecule has 6 heterocycles. The number of aliphatic hydroxyl groups excluding tert-OH is 2. The van der Waals surface area contributed by atoms with Gasteiger partial charge in [0.2, 0.25) is 35.5 Å². The first kappa shape index (κ1) is 54.1. The normalized spacial score (nSPS) is 18.1. The molecule has 0 saturated carbocycles. The smallest absolute Gasteiger partial charge is 0.339 e. The van der Waals surface area contributed by atoms with E-state index in [0.29, 0.717) is 54.5 Å². The summed E-state index contributed by atoms with van der Waals surface area (Å²) >= 11 is 1.56. The molecule has 0 unspecified atom stereocenters. The molecule has 0 aliphatic carbocycles. The van der Waals surface area contributed by atoms with E-state index in [1.165, 1.54) is 4.90 Å². The lowest BCUT2D eigenvalue weighted by atomic mass is 9.85. The van der Waals surface area contributed by atoms with Crippen molar-refractivity contribution >= 4 is 58.4 Å². The van der Waals surface area contributed by atoms with Crippen molar-refractivity contribution in [1.82, 2.24) is 45.6 Å². The third-order valence-electron chi connectivity index (χ3n) is 14.0. The van der Waals surface area contributed by atoms with E-state index in [-0.39, 0.29) is 62.4 Å². The third kappa shape index (κ3) is 12.5. The van der Waals surface area contributed by atoms with Gasteiger partial charge in [0.05, 0.1) is 46.0 Å². The number of cyclic esters (lactones) is 1. The van der Waals surface area contributed by atoms with E-state index < -0.39 is 59.6 Å². The number of aromatic nitrogens is 5. The zero-order chi connectivity index (χ0) is 54.6. The van der Waals surface area contributed by atoms with Crippen molar-refractivity contribution < 1.29 is 48.1 Å². The standard InChI is InChI=1S/C55H63N11O10S/c1-31-45(77-30-58-31)34-14-12-32(13-15-34)24-56-48(71)42-23-37(68)26-66(42)51(72)46(54(2,3)4)61-43(69)28-74-29-44(70)65-20-18-35(19-21-65)49-63-64-50(75-49)39-25-57-53(62-47(39)60-41(27-67)33-10-8-7-9-11-33)59-36-16-17-38-40(22-36)55(5,6)76-52(38)73/h7-17,22,25,30,35,37,41-42,46,67-68H,18-21,23-24,26-29H2,1-6H3,(H,56,71)(H,61,69)(H2,57,59,60,62)/t37-,41-,42+,46-/m1/s1. The summed E-state index contributed by atoms with van der Waals surface area (Å²) in [5, 5.41) is 42.1. The molecule has 0 bridgehead atoms. The second kappa shape index (κ2) is 22.9. The zero-order valence-corrected chi connectivity index (χ0v) is 44.6. The highest BCUT2D eigenvalue weighted by Crippen LogP contribution is 2.39. The Morgan fingerprint density at radius 3 is 2.42 bits per heavy atom. The molecule has 22 heteroatoms. The maximum absolute atomic E-state index is 14.1. The number of rotatable bonds is 18. The Hall–Kier alpha value is -7.66. The molecule has 21 nitrogen and oxygen atoms in total. The van der Waals surface area contributed by atoms with E-state index in [0.717, 1.165) is 32.8 Å². The number of nitrogens with one attached hydrogen (secondary N) is 4. The molecule has 2 saturated heterocycles. The maximum Gasteiger partial charge on any atom is 0.339 e. The van der Waals surface area contributed by atoms with E-state index in [1.807, 2.05) is 81.4 Å². The molecule has 6 N–H and O–H groups in total. The zero-order valence-electron chi connectivity index (χ0n) is 43.7. The van der Waals surface area contributed by atoms with E-state index in [2.05, 4.69) is 41.4 Å². The van der Waals surface area contributed by atoms with Crippen molar-refractivity contribution in [1.29, 1.82) is 0 Å². The van der Waals surface area contributed by atoms with Gasteiger partial charge in [-0.1, -0.05) is 75.4 Å². The Balaban J connectivity index is 0.774. The summed E-state index contributed by atoms with van der Waals surface area (Å²) in [4.78, 5) is 84.4. The molecule has 4 atom stereocenters. The third-order valence-corrected chi connectivity index (χ3v) is 15.0. The molecular weight excluding hydrogens is 1010 g/mol. The summed E-state index contributed by atoms with van der Waals surface area (Å²) in [6.07, 6.45) is 1.68. The Labute approximate surface area is 449 Å². The number of esters is 1. The fourth-order valence-corrected chi connectivity index (χ4v) is 10.6. The lowest BCUT2D eigenvalue weighted by molar-refractivity contribution is -0.145. The first-order valence-electron chi connectivity index (χ1n) is 25.5. The molecule has 0 spiro atoms. The summed E-state index contributed by atoms with van der Waals surface area (Å²) in [6.45, 7) is 10.7. The van der Waals surface area contributed by atoms with Crippen molar-refractivity contribution in [2.24, 2.45) is 5.41 Å². The molecule has 4 amide bonds. The number of piperidine rings is 1. The number of fused-ring (bicyclic) bond motifs is 1. The van der Waals surface area contributed by atoms with Crippen LogP contribution in [-0.4, -0.2) is 132 Å². The fraction of sp³-hybridized carbons (Fsp3) is 0.418. The van der Waals surface area contributed by atoms with Crippen LogP contribution in [0.1, 0.15) is 104 Å². The Morgan fingerprint density at radius 1 is 0.961 bits per heavy atom. The average molecular weight is 1070 g/mol. The first-order valence-corrected chi connectivity index (χ1v) is 26.4. The molecule has 3 aliphatic rings. The lowest BCUT2D eigenvalue weighted by Gasteiger charge is -2.35. The van der Waals surface area contributed by atoms with Crippen molar-refractivity contribution in [2.75, 3.05) is 50.1 Å². The van der Waals surface area contributed by atoms with Gasteiger partial charge in [-0.2, -0.15) is 4.98 Å². The highest BCUT2D eigenvalue weighted by Gasteiger charge is 2.45. The molecular formula is C55H63N11O10S. The molecule has 77 heavy (non-hydrogen) atoms. The van der Waals surface area contributed by atoms with E-state index in [9.17, 15) is 34.2 Å². The van der Waals surface area contributed by atoms with Crippen LogP contribution < -0.4 is 21.3 Å². The summed E-state index contributed by atoms with van der Waals surface area (Å²) in [6, 6.07) is 19.9. The Morgan fingerprint density at radius 2 is 1.71 bits per heavy atom. The first-order chi connectivity index (χ1) is 36.8. The van der Waals surface area contributed by atoms with Gasteiger partial charge in [0.1, 0.15) is 36.7 Å². The predicted molar refractivity (Wildman–Crippen MR) is 284 cm³/mol. The number of aryl methyl sites for hydroxylation is 1. The van der Waals surface area contributed by atoms with Crippen LogP contribution in [0.25, 0.3) is 21.9 Å². The number of aliphatic hydroxyl groups is 2. The van der Waals surface area contributed by atoms with E-state index >= 15 is 0 Å². The second-order valence-corrected chi connectivity index (χ2v) is 21.9. The van der Waals surface area contributed by atoms with Gasteiger partial charge in [-0.15, -0.1) is 21.5 Å². The number of carbonyl (C=O) groups is 5. The number of β-amino-alcohol motifs (C(OH)–C–C–N with tert-alkyl or cyclic N) is 1. The SMILES string of the molecule is Cc1ncsc1-c1ccc(CNC(=O)[C@@H]2C[C@@H](O)CN2C(=O)[C@@H](NC(=O)COCC(=O)N2CCC(c3nnc(-c4cnc(Nc5ccc6c(c5)C(C)(C)OC6=O)nc4N[C@H](CO)c4ccccc4)o3)CC2)C(C)(C)C)cc1. The summed E-state index contributed by atoms with van der Waals surface area (Å²) in [5.41, 5.74) is 6.10. The van der Waals surface area contributed by atoms with Crippen LogP contribution in [0.2, 0.25) is 0 Å². The molecule has 2 fully saturated rings. The van der Waals surface area contributed by atoms with Crippen molar-refractivity contribution in [2.45, 2.75) is 103 Å². The highest BCUT2D eigenvalue weighted by molar-refractivity contribution is 7.13. The largest absolute Gasteiger partial charge is 0.451 e. The van der Waals surface area contributed by atoms with Crippen LogP contribution >= 0.6 is 11.3 Å². The van der Waals surface area contributed by atoms with Crippen LogP contribution in [0.15, 0.2) is 88.9 Å². The molecule has 3 aliphatic heterocycles. The summed E-state index contributed by atoms with van der Waals surface area (Å²) in [5.74, 6) is -1.37. The minimum absolute atomic E-state index is 0.0491. The summed E-state index contributed by atoms with van der Waals surface area (Å²) < 4.78 is 17.4. The molecule has 0 radical (unpaired) electrons. The van der Waals surface area contributed by atoms with Crippen molar-refractivity contribution in [3.63, 3.8) is 0 Å². The quantitative estimate of drug-likeness (QED) is 0.0556. The molecule has 6 aromatic rings. The average Bonchev–Trinajstić information content (AvgIpc) is 4.24. The minimum Gasteiger partial charge on any atom is -0.451 e. The maximum atomic E-state index is 14.1. The molecule has 404 valence electrons. The van der Waals surface area contributed by atoms with Gasteiger partial charge in [0, 0.05) is 56.0 Å². The number of thiazole rings is 1. The number of likely N-dealkylation sites (tertiary alicyclic amines) is 2. The molecule has 3 aromatic heterocycles. The van der Waals surface area contributed by atoms with Crippen LogP contribution in [0.3, 0.4) is 0 Å². The highest BCUT2D eigenvalue weighted by atomic mass is 32.1. The van der Waals surface area contributed by atoms with Gasteiger partial charge in [-0.05, 0) is 73.9 Å². The number of benzene rings is 3. The summed E-state index contributed by atoms with van der Waals surface area (Å²) in [7, 11) is 0. The number of amides is 4. The number of hydrogen-bond donors (Lipinski definition) is 6. The lowest BCUT2D eigenvalue weighted by Crippen LogP contribution is -2.58. The van der Waals surface area contributed by atoms with Crippen LogP contribution in [-0.2, 0) is 40.8 Å². The van der Waals surface area contributed by atoms with Gasteiger partial charge in [0.15, 0.2) is 0 Å². The van der Waals surface area contributed by atoms with Gasteiger partial charge >= 0.3 is 5.97 Å². The second-order valence-electron chi connectivity index (χ2n) is 21.1. The number of hydrogen-bond acceptors (Lipinski definition) is 18. The molecule has 3 aromatic carbocycles. The predicted octanol–water partition coefficient (Wildman–Crippen LogP) is 5.78. The Bertz CT molecular complexity index is 3120. The van der Waals surface area contributed by atoms with E-state index in [4.69, 9.17) is 18.9 Å². The van der Waals surface area contributed by atoms with Gasteiger partial charge in [-0.25, -0.2) is 14.8 Å². The van der Waals surface area contributed by atoms with Crippen LogP contribution in [0.5, 0.6) is 0 Å². The number of carbonyl (C=O) groups excluding carboxylic acids is 5. The number of nitrogens with zero attached hydrogens (tertiary/aromatic N) is 7. The number of ether oxygens (including phenoxy) is 2. The van der Waals surface area contributed by atoms with Gasteiger partial charge in [0.25, 0.3) is 5.89 Å². The van der Waals surface area contributed by atoms with Gasteiger partial charge in [-0.3, -0.25) is 19.2 Å². The fourth-order valence-electron chi connectivity index (χ4n) is 9.75. The van der Waals surface area contributed by atoms with Crippen LogP contribution in [0.4, 0.5) is 17.5 Å². The van der Waals surface area contributed by atoms with Crippen LogP contribution in [0, 0.1) is 12.3 Å². The minimum atomic E-state index is -1.07. The molecule has 9 rings (SSSR count). The van der Waals surface area contributed by atoms with Gasteiger partial charge < -0.3 is 55.2 Å². The Kier molecular flexibility index (Phi) is 16.1. The van der Waals surface area contributed by atoms with Crippen molar-refractivity contribution in [3.8, 4) is 21.9 Å². The number of anilines is 3. The monoisotopic (exact) mass is 1070 g/mol.